The normalized spacial score (nSPS) is 16.7. The van der Waals surface area contributed by atoms with Crippen molar-refractivity contribution in [1.29, 1.82) is 0 Å². The third kappa shape index (κ3) is 6.35. The molecule has 0 aliphatic rings. The standard InChI is InChI=1S/C15H34O2Si/c1-9-10-11-16-14(3)13(2)12-17-18(7,8)15(4,5)6/h13-14H,9-12H2,1-8H3. The molecule has 110 valence electrons. The minimum absolute atomic E-state index is 0.291. The summed E-state index contributed by atoms with van der Waals surface area (Å²) in [7, 11) is -1.61. The molecule has 0 amide bonds. The summed E-state index contributed by atoms with van der Waals surface area (Å²) in [6.07, 6.45) is 2.64. The summed E-state index contributed by atoms with van der Waals surface area (Å²) < 4.78 is 12.1. The maximum absolute atomic E-state index is 6.24. The van der Waals surface area contributed by atoms with Crippen LogP contribution in [-0.2, 0) is 9.16 Å². The monoisotopic (exact) mass is 274 g/mol. The fourth-order valence-electron chi connectivity index (χ4n) is 1.27. The number of ether oxygens (including phenoxy) is 1. The van der Waals surface area contributed by atoms with E-state index in [-0.39, 0.29) is 0 Å². The van der Waals surface area contributed by atoms with Crippen LogP contribution in [0.5, 0.6) is 0 Å². The molecule has 0 fully saturated rings. The zero-order chi connectivity index (χ0) is 14.4. The molecule has 18 heavy (non-hydrogen) atoms. The highest BCUT2D eigenvalue weighted by Crippen LogP contribution is 2.36. The molecule has 2 nitrogen and oxygen atoms in total. The van der Waals surface area contributed by atoms with E-state index in [1.807, 2.05) is 0 Å². The maximum Gasteiger partial charge on any atom is 0.191 e. The van der Waals surface area contributed by atoms with Crippen LogP contribution in [0.1, 0.15) is 54.4 Å². The SMILES string of the molecule is CCCCOC(C)C(C)CO[Si](C)(C)C(C)(C)C. The van der Waals surface area contributed by atoms with E-state index in [0.717, 1.165) is 19.6 Å². The second kappa shape index (κ2) is 7.66. The Balaban J connectivity index is 4.05. The van der Waals surface area contributed by atoms with Crippen LogP contribution in [0.3, 0.4) is 0 Å². The van der Waals surface area contributed by atoms with Crippen molar-refractivity contribution in [3.8, 4) is 0 Å². The molecule has 0 aliphatic heterocycles. The van der Waals surface area contributed by atoms with Gasteiger partial charge in [-0.15, -0.1) is 0 Å². The van der Waals surface area contributed by atoms with Crippen molar-refractivity contribution in [2.24, 2.45) is 5.92 Å². The van der Waals surface area contributed by atoms with Crippen LogP contribution in [-0.4, -0.2) is 27.6 Å². The number of hydrogen-bond acceptors (Lipinski definition) is 2. The molecule has 0 rings (SSSR count). The van der Waals surface area contributed by atoms with E-state index in [1.165, 1.54) is 6.42 Å². The molecule has 2 atom stereocenters. The second-order valence-electron chi connectivity index (χ2n) is 6.98. The molecule has 0 saturated heterocycles. The Kier molecular flexibility index (Phi) is 7.72. The minimum atomic E-state index is -1.61. The average molecular weight is 275 g/mol. The number of unbranched alkanes of at least 4 members (excludes halogenated alkanes) is 1. The van der Waals surface area contributed by atoms with E-state index in [4.69, 9.17) is 9.16 Å². The molecule has 2 unspecified atom stereocenters. The predicted molar refractivity (Wildman–Crippen MR) is 82.6 cm³/mol. The Morgan fingerprint density at radius 2 is 1.67 bits per heavy atom. The Labute approximate surface area is 116 Å². The van der Waals surface area contributed by atoms with E-state index in [9.17, 15) is 0 Å². The molecule has 0 aliphatic carbocycles. The van der Waals surface area contributed by atoms with Crippen molar-refractivity contribution in [2.45, 2.75) is 78.6 Å². The summed E-state index contributed by atoms with van der Waals surface area (Å²) in [4.78, 5) is 0. The van der Waals surface area contributed by atoms with Gasteiger partial charge in [0.15, 0.2) is 8.32 Å². The van der Waals surface area contributed by atoms with Crippen LogP contribution in [0.2, 0.25) is 18.1 Å². The Bertz CT molecular complexity index is 221. The fourth-order valence-corrected chi connectivity index (χ4v) is 2.38. The summed E-state index contributed by atoms with van der Waals surface area (Å²) in [6.45, 7) is 19.7. The van der Waals surface area contributed by atoms with Crippen molar-refractivity contribution < 1.29 is 9.16 Å². The van der Waals surface area contributed by atoms with E-state index >= 15 is 0 Å². The lowest BCUT2D eigenvalue weighted by molar-refractivity contribution is 0.0124. The molecule has 0 bridgehead atoms. The van der Waals surface area contributed by atoms with E-state index in [0.29, 0.717) is 17.1 Å². The topological polar surface area (TPSA) is 18.5 Å². The summed E-state index contributed by atoms with van der Waals surface area (Å²) in [5.41, 5.74) is 0. The fraction of sp³-hybridized carbons (Fsp3) is 1.00. The molecule has 3 heteroatoms. The summed E-state index contributed by atoms with van der Waals surface area (Å²) in [5.74, 6) is 0.469. The molecular weight excluding hydrogens is 240 g/mol. The van der Waals surface area contributed by atoms with Crippen molar-refractivity contribution in [3.05, 3.63) is 0 Å². The molecule has 0 aromatic carbocycles. The Morgan fingerprint density at radius 3 is 2.11 bits per heavy atom. The van der Waals surface area contributed by atoms with Gasteiger partial charge >= 0.3 is 0 Å². The van der Waals surface area contributed by atoms with Crippen LogP contribution in [0, 0.1) is 5.92 Å². The van der Waals surface area contributed by atoms with Gasteiger partial charge in [0.1, 0.15) is 0 Å². The number of rotatable bonds is 8. The van der Waals surface area contributed by atoms with Gasteiger partial charge in [0.25, 0.3) is 0 Å². The highest BCUT2D eigenvalue weighted by Gasteiger charge is 2.37. The first-order chi connectivity index (χ1) is 8.12. The largest absolute Gasteiger partial charge is 0.416 e. The van der Waals surface area contributed by atoms with Crippen LogP contribution in [0.15, 0.2) is 0 Å². The third-order valence-electron chi connectivity index (χ3n) is 4.19. The molecule has 0 saturated carbocycles. The molecule has 0 heterocycles. The smallest absolute Gasteiger partial charge is 0.191 e. The second-order valence-corrected chi connectivity index (χ2v) is 11.8. The summed E-state index contributed by atoms with van der Waals surface area (Å²) in [5, 5.41) is 0.291. The molecular formula is C15H34O2Si. The van der Waals surface area contributed by atoms with Gasteiger partial charge in [0, 0.05) is 19.1 Å². The van der Waals surface area contributed by atoms with Gasteiger partial charge in [0.2, 0.25) is 0 Å². The molecule has 0 radical (unpaired) electrons. The first-order valence-electron chi connectivity index (χ1n) is 7.37. The summed E-state index contributed by atoms with van der Waals surface area (Å²) >= 11 is 0. The zero-order valence-electron chi connectivity index (χ0n) is 13.8. The van der Waals surface area contributed by atoms with Crippen molar-refractivity contribution in [3.63, 3.8) is 0 Å². The van der Waals surface area contributed by atoms with Gasteiger partial charge in [-0.2, -0.15) is 0 Å². The van der Waals surface area contributed by atoms with Crippen LogP contribution < -0.4 is 0 Å². The zero-order valence-corrected chi connectivity index (χ0v) is 14.8. The van der Waals surface area contributed by atoms with Gasteiger partial charge in [-0.25, -0.2) is 0 Å². The van der Waals surface area contributed by atoms with Crippen molar-refractivity contribution in [2.75, 3.05) is 13.2 Å². The molecule has 0 N–H and O–H groups in total. The maximum atomic E-state index is 6.24. The molecule has 0 aromatic heterocycles. The lowest BCUT2D eigenvalue weighted by Gasteiger charge is -2.37. The van der Waals surface area contributed by atoms with Crippen molar-refractivity contribution >= 4 is 8.32 Å². The first-order valence-corrected chi connectivity index (χ1v) is 10.3. The highest BCUT2D eigenvalue weighted by molar-refractivity contribution is 6.74. The third-order valence-corrected chi connectivity index (χ3v) is 8.69. The van der Waals surface area contributed by atoms with Crippen LogP contribution in [0.4, 0.5) is 0 Å². The number of hydrogen-bond donors (Lipinski definition) is 0. The Hall–Kier alpha value is 0.137. The highest BCUT2D eigenvalue weighted by atomic mass is 28.4. The van der Waals surface area contributed by atoms with E-state index < -0.39 is 8.32 Å². The summed E-state index contributed by atoms with van der Waals surface area (Å²) in [6, 6.07) is 0. The van der Waals surface area contributed by atoms with E-state index in [1.54, 1.807) is 0 Å². The molecule has 0 spiro atoms. The van der Waals surface area contributed by atoms with Crippen LogP contribution in [0.25, 0.3) is 0 Å². The van der Waals surface area contributed by atoms with Gasteiger partial charge in [-0.3, -0.25) is 0 Å². The quantitative estimate of drug-likeness (QED) is 0.465. The minimum Gasteiger partial charge on any atom is -0.416 e. The van der Waals surface area contributed by atoms with Gasteiger partial charge in [0.05, 0.1) is 6.10 Å². The van der Waals surface area contributed by atoms with E-state index in [2.05, 4.69) is 54.6 Å². The predicted octanol–water partition coefficient (Wildman–Crippen LogP) is 4.85. The van der Waals surface area contributed by atoms with Gasteiger partial charge < -0.3 is 9.16 Å². The lowest BCUT2D eigenvalue weighted by atomic mass is 10.1. The average Bonchev–Trinajstić information content (AvgIpc) is 2.24. The van der Waals surface area contributed by atoms with Crippen molar-refractivity contribution in [1.82, 2.24) is 0 Å². The lowest BCUT2D eigenvalue weighted by Crippen LogP contribution is -2.42. The Morgan fingerprint density at radius 1 is 1.11 bits per heavy atom. The van der Waals surface area contributed by atoms with Gasteiger partial charge in [-0.05, 0) is 31.5 Å². The first kappa shape index (κ1) is 18.1. The van der Waals surface area contributed by atoms with Crippen LogP contribution >= 0.6 is 0 Å². The molecule has 0 aromatic rings. The van der Waals surface area contributed by atoms with Gasteiger partial charge in [-0.1, -0.05) is 41.0 Å².